The van der Waals surface area contributed by atoms with Gasteiger partial charge in [-0.2, -0.15) is 13.2 Å². The van der Waals surface area contributed by atoms with Crippen molar-refractivity contribution in [3.63, 3.8) is 0 Å². The molecule has 0 aliphatic rings. The summed E-state index contributed by atoms with van der Waals surface area (Å²) >= 11 is 5.48. The number of aromatic nitrogens is 2. The van der Waals surface area contributed by atoms with Crippen molar-refractivity contribution in [2.24, 2.45) is 0 Å². The maximum atomic E-state index is 12.5. The number of rotatable bonds is 2. The summed E-state index contributed by atoms with van der Waals surface area (Å²) in [4.78, 5) is 24.1. The highest BCUT2D eigenvalue weighted by Gasteiger charge is 2.38. The van der Waals surface area contributed by atoms with E-state index in [0.29, 0.717) is 6.07 Å². The Kier molecular flexibility index (Phi) is 3.01. The van der Waals surface area contributed by atoms with Gasteiger partial charge >= 0.3 is 11.9 Å². The summed E-state index contributed by atoms with van der Waals surface area (Å²) in [5.41, 5.74) is -3.14. The van der Waals surface area contributed by atoms with Gasteiger partial charge in [-0.25, -0.2) is 4.98 Å². The molecule has 0 aliphatic carbocycles. The van der Waals surface area contributed by atoms with Crippen LogP contribution in [0.15, 0.2) is 6.07 Å². The number of hydrogen-bond acceptors (Lipinski definition) is 5. The van der Waals surface area contributed by atoms with Gasteiger partial charge < -0.3 is 4.98 Å². The smallest absolute Gasteiger partial charge is 0.334 e. The SMILES string of the molecule is O=[N+]([O-])c1cc2[nH]c(C(F)(F)F)nc2c([N+](=O)[O-])c1Cl. The number of hydrogen-bond donors (Lipinski definition) is 1. The number of halogens is 4. The van der Waals surface area contributed by atoms with Crippen LogP contribution in [0.4, 0.5) is 24.5 Å². The Morgan fingerprint density at radius 3 is 2.30 bits per heavy atom. The Labute approximate surface area is 111 Å². The average Bonchev–Trinajstić information content (AvgIpc) is 2.69. The second-order valence-electron chi connectivity index (χ2n) is 3.55. The Hall–Kier alpha value is -2.43. The molecule has 0 aliphatic heterocycles. The summed E-state index contributed by atoms with van der Waals surface area (Å²) in [7, 11) is 0. The van der Waals surface area contributed by atoms with Crippen LogP contribution >= 0.6 is 11.6 Å². The molecule has 0 spiro atoms. The van der Waals surface area contributed by atoms with Crippen LogP contribution in [-0.2, 0) is 6.18 Å². The lowest BCUT2D eigenvalue weighted by Crippen LogP contribution is -2.06. The standard InChI is InChI=1S/C8H2ClF3N4O4/c9-4-3(15(17)18)1-2-5(6(4)16(19)20)14-7(13-2)8(10,11)12/h1H,(H,13,14). The minimum absolute atomic E-state index is 0.500. The molecule has 1 aromatic heterocycles. The molecule has 0 radical (unpaired) electrons. The van der Waals surface area contributed by atoms with Gasteiger partial charge in [-0.3, -0.25) is 20.2 Å². The lowest BCUT2D eigenvalue weighted by molar-refractivity contribution is -0.392. The van der Waals surface area contributed by atoms with Crippen molar-refractivity contribution in [3.8, 4) is 0 Å². The number of benzene rings is 1. The summed E-state index contributed by atoms with van der Waals surface area (Å²) in [6, 6.07) is 0.660. The Balaban J connectivity index is 2.89. The van der Waals surface area contributed by atoms with Gasteiger partial charge in [-0.15, -0.1) is 0 Å². The van der Waals surface area contributed by atoms with Gasteiger partial charge in [0.25, 0.3) is 5.69 Å². The van der Waals surface area contributed by atoms with E-state index in [1.54, 1.807) is 4.98 Å². The molecular weight excluding hydrogens is 309 g/mol. The third kappa shape index (κ3) is 2.11. The van der Waals surface area contributed by atoms with Crippen LogP contribution in [0.1, 0.15) is 5.82 Å². The van der Waals surface area contributed by atoms with Crippen molar-refractivity contribution in [1.82, 2.24) is 9.97 Å². The molecule has 0 bridgehead atoms. The van der Waals surface area contributed by atoms with E-state index in [-0.39, 0.29) is 0 Å². The number of aromatic amines is 1. The van der Waals surface area contributed by atoms with Crippen LogP contribution in [0.3, 0.4) is 0 Å². The van der Waals surface area contributed by atoms with Gasteiger partial charge in [0.1, 0.15) is 0 Å². The number of alkyl halides is 3. The molecule has 12 heteroatoms. The van der Waals surface area contributed by atoms with Crippen molar-refractivity contribution in [3.05, 3.63) is 37.1 Å². The minimum Gasteiger partial charge on any atom is -0.334 e. The molecule has 20 heavy (non-hydrogen) atoms. The molecule has 2 aromatic rings. The predicted octanol–water partition coefficient (Wildman–Crippen LogP) is 3.05. The van der Waals surface area contributed by atoms with E-state index >= 15 is 0 Å². The quantitative estimate of drug-likeness (QED) is 0.676. The van der Waals surface area contributed by atoms with E-state index in [4.69, 9.17) is 11.6 Å². The largest absolute Gasteiger partial charge is 0.449 e. The highest BCUT2D eigenvalue weighted by Crippen LogP contribution is 2.40. The Morgan fingerprint density at radius 2 is 1.85 bits per heavy atom. The predicted molar refractivity (Wildman–Crippen MR) is 59.4 cm³/mol. The maximum Gasteiger partial charge on any atom is 0.449 e. The molecule has 0 saturated carbocycles. The highest BCUT2D eigenvalue weighted by molar-refractivity contribution is 6.36. The van der Waals surface area contributed by atoms with Crippen LogP contribution in [0.5, 0.6) is 0 Å². The average molecular weight is 311 g/mol. The summed E-state index contributed by atoms with van der Waals surface area (Å²) in [6.07, 6.45) is -4.88. The van der Waals surface area contributed by atoms with E-state index in [9.17, 15) is 33.4 Å². The third-order valence-corrected chi connectivity index (χ3v) is 2.69. The minimum atomic E-state index is -4.88. The highest BCUT2D eigenvalue weighted by atomic mass is 35.5. The molecule has 0 saturated heterocycles. The van der Waals surface area contributed by atoms with Crippen molar-refractivity contribution in [2.75, 3.05) is 0 Å². The first kappa shape index (κ1) is 14.0. The van der Waals surface area contributed by atoms with E-state index < -0.39 is 49.3 Å². The fourth-order valence-electron chi connectivity index (χ4n) is 1.53. The number of nitro benzene ring substituents is 2. The van der Waals surface area contributed by atoms with E-state index in [2.05, 4.69) is 4.98 Å². The van der Waals surface area contributed by atoms with Crippen molar-refractivity contribution in [1.29, 1.82) is 0 Å². The first-order valence-corrected chi connectivity index (χ1v) is 5.09. The molecule has 1 heterocycles. The number of nitrogens with zero attached hydrogens (tertiary/aromatic N) is 3. The van der Waals surface area contributed by atoms with E-state index in [0.717, 1.165) is 0 Å². The monoisotopic (exact) mass is 310 g/mol. The molecule has 2 rings (SSSR count). The molecule has 1 aromatic carbocycles. The zero-order chi connectivity index (χ0) is 15.2. The van der Waals surface area contributed by atoms with Crippen molar-refractivity contribution in [2.45, 2.75) is 6.18 Å². The van der Waals surface area contributed by atoms with E-state index in [1.807, 2.05) is 0 Å². The normalized spacial score (nSPS) is 11.8. The zero-order valence-corrected chi connectivity index (χ0v) is 9.82. The third-order valence-electron chi connectivity index (χ3n) is 2.32. The topological polar surface area (TPSA) is 115 Å². The zero-order valence-electron chi connectivity index (χ0n) is 9.06. The molecule has 0 atom stereocenters. The van der Waals surface area contributed by atoms with Gasteiger partial charge in [-0.05, 0) is 0 Å². The number of imidazole rings is 1. The van der Waals surface area contributed by atoms with Gasteiger partial charge in [0.15, 0.2) is 10.5 Å². The first-order chi connectivity index (χ1) is 9.12. The summed E-state index contributed by atoms with van der Waals surface area (Å²) in [5, 5.41) is 20.6. The fraction of sp³-hybridized carbons (Fsp3) is 0.125. The molecule has 106 valence electrons. The summed E-state index contributed by atoms with van der Waals surface area (Å²) < 4.78 is 37.5. The van der Waals surface area contributed by atoms with Crippen molar-refractivity contribution >= 4 is 34.0 Å². The maximum absolute atomic E-state index is 12.5. The van der Waals surface area contributed by atoms with Crippen LogP contribution in [-0.4, -0.2) is 19.8 Å². The van der Waals surface area contributed by atoms with Crippen LogP contribution in [0.2, 0.25) is 5.02 Å². The van der Waals surface area contributed by atoms with Crippen LogP contribution in [0, 0.1) is 20.2 Å². The Morgan fingerprint density at radius 1 is 1.25 bits per heavy atom. The second kappa shape index (κ2) is 4.30. The Bertz CT molecular complexity index is 741. The van der Waals surface area contributed by atoms with Gasteiger partial charge in [0.2, 0.25) is 5.82 Å². The molecule has 0 unspecified atom stereocenters. The molecule has 1 N–H and O–H groups in total. The number of nitro groups is 2. The molecule has 0 fully saturated rings. The first-order valence-electron chi connectivity index (χ1n) is 4.71. The number of H-pyrrole nitrogens is 1. The van der Waals surface area contributed by atoms with Gasteiger partial charge in [-0.1, -0.05) is 11.6 Å². The molecule has 0 amide bonds. The van der Waals surface area contributed by atoms with E-state index in [1.165, 1.54) is 0 Å². The number of fused-ring (bicyclic) bond motifs is 1. The summed E-state index contributed by atoms with van der Waals surface area (Å²) in [5.74, 6) is -1.51. The number of nitrogens with one attached hydrogen (secondary N) is 1. The van der Waals surface area contributed by atoms with Crippen LogP contribution < -0.4 is 0 Å². The fourth-order valence-corrected chi connectivity index (χ4v) is 1.81. The lowest BCUT2D eigenvalue weighted by Gasteiger charge is -1.98. The molecular formula is C8H2ClF3N4O4. The second-order valence-corrected chi connectivity index (χ2v) is 3.93. The van der Waals surface area contributed by atoms with Gasteiger partial charge in [0.05, 0.1) is 15.4 Å². The van der Waals surface area contributed by atoms with Crippen molar-refractivity contribution < 1.29 is 23.0 Å². The lowest BCUT2D eigenvalue weighted by atomic mass is 10.2. The summed E-state index contributed by atoms with van der Waals surface area (Å²) in [6.45, 7) is 0. The van der Waals surface area contributed by atoms with Crippen LogP contribution in [0.25, 0.3) is 11.0 Å². The molecule has 8 nitrogen and oxygen atoms in total. The van der Waals surface area contributed by atoms with Gasteiger partial charge in [0, 0.05) is 6.07 Å².